The average molecular weight is 378 g/mol. The summed E-state index contributed by atoms with van der Waals surface area (Å²) < 4.78 is 15.8. The van der Waals surface area contributed by atoms with Crippen molar-refractivity contribution in [3.63, 3.8) is 0 Å². The van der Waals surface area contributed by atoms with Crippen molar-refractivity contribution in [1.82, 2.24) is 4.31 Å². The molecule has 3 aromatic rings. The molecule has 0 fully saturated rings. The normalized spacial score (nSPS) is 13.5. The van der Waals surface area contributed by atoms with E-state index in [2.05, 4.69) is 68.4 Å². The quantitative estimate of drug-likeness (QED) is 0.524. The fourth-order valence-corrected chi connectivity index (χ4v) is 5.14. The van der Waals surface area contributed by atoms with Gasteiger partial charge < -0.3 is 0 Å². The third kappa shape index (κ3) is 4.55. The second kappa shape index (κ2) is 8.64. The minimum Gasteiger partial charge on any atom is -0.237 e. The monoisotopic (exact) mass is 377 g/mol. The molecule has 0 radical (unpaired) electrons. The SMILES string of the molecule is Cc1cc(C)c([S@@](=O)N(Cc2ccccc2)[C@H](C)c2ccccc2)c(C)c1. The first-order valence-electron chi connectivity index (χ1n) is 9.32. The van der Waals surface area contributed by atoms with Gasteiger partial charge in [0.1, 0.15) is 11.0 Å². The molecule has 0 spiro atoms. The standard InChI is InChI=1S/C24H27NOS/c1-18-15-19(2)24(20(3)16-18)27(26)25(17-22-11-7-5-8-12-22)21(4)23-13-9-6-10-14-23/h5-16,21H,17H2,1-4H3/t21-,27-/m1/s1. The van der Waals surface area contributed by atoms with E-state index in [1.54, 1.807) is 0 Å². The lowest BCUT2D eigenvalue weighted by Gasteiger charge is -2.29. The van der Waals surface area contributed by atoms with Gasteiger partial charge in [0.2, 0.25) is 0 Å². The van der Waals surface area contributed by atoms with E-state index in [0.29, 0.717) is 6.54 Å². The zero-order valence-corrected chi connectivity index (χ0v) is 17.3. The molecule has 0 unspecified atom stereocenters. The Morgan fingerprint density at radius 2 is 1.37 bits per heavy atom. The topological polar surface area (TPSA) is 20.3 Å². The molecule has 2 atom stereocenters. The maximum atomic E-state index is 13.8. The molecule has 0 saturated heterocycles. The number of hydrogen-bond acceptors (Lipinski definition) is 1. The fraction of sp³-hybridized carbons (Fsp3) is 0.250. The number of hydrogen-bond donors (Lipinski definition) is 0. The van der Waals surface area contributed by atoms with Crippen LogP contribution in [0.5, 0.6) is 0 Å². The van der Waals surface area contributed by atoms with Crippen LogP contribution in [-0.4, -0.2) is 8.51 Å². The van der Waals surface area contributed by atoms with E-state index in [1.165, 1.54) is 11.1 Å². The van der Waals surface area contributed by atoms with Gasteiger partial charge in [0.05, 0.1) is 4.90 Å². The van der Waals surface area contributed by atoms with Gasteiger partial charge in [0.15, 0.2) is 0 Å². The molecule has 3 rings (SSSR count). The Balaban J connectivity index is 2.02. The summed E-state index contributed by atoms with van der Waals surface area (Å²) >= 11 is 0. The molecule has 0 aliphatic rings. The molecule has 0 aliphatic heterocycles. The molecular weight excluding hydrogens is 350 g/mol. The molecule has 3 heteroatoms. The molecule has 0 aromatic heterocycles. The molecule has 0 heterocycles. The highest BCUT2D eigenvalue weighted by atomic mass is 32.2. The molecule has 27 heavy (non-hydrogen) atoms. The highest BCUT2D eigenvalue weighted by molar-refractivity contribution is 7.82. The number of benzene rings is 3. The Hall–Kier alpha value is -2.23. The zero-order valence-electron chi connectivity index (χ0n) is 16.5. The zero-order chi connectivity index (χ0) is 19.4. The van der Waals surface area contributed by atoms with Gasteiger partial charge in [-0.05, 0) is 49.9 Å². The summed E-state index contributed by atoms with van der Waals surface area (Å²) in [5.41, 5.74) is 5.71. The lowest BCUT2D eigenvalue weighted by Crippen LogP contribution is -2.29. The molecule has 0 N–H and O–H groups in total. The van der Waals surface area contributed by atoms with Gasteiger partial charge in [-0.2, -0.15) is 0 Å². The smallest absolute Gasteiger partial charge is 0.129 e. The van der Waals surface area contributed by atoms with E-state index in [-0.39, 0.29) is 6.04 Å². The summed E-state index contributed by atoms with van der Waals surface area (Å²) in [7, 11) is -1.25. The van der Waals surface area contributed by atoms with Crippen LogP contribution in [0, 0.1) is 20.8 Å². The molecular formula is C24H27NOS. The highest BCUT2D eigenvalue weighted by Gasteiger charge is 2.25. The molecule has 0 aliphatic carbocycles. The van der Waals surface area contributed by atoms with Crippen LogP contribution in [0.25, 0.3) is 0 Å². The van der Waals surface area contributed by atoms with E-state index in [0.717, 1.165) is 21.6 Å². The minimum atomic E-state index is -1.25. The Morgan fingerprint density at radius 1 is 0.852 bits per heavy atom. The van der Waals surface area contributed by atoms with Crippen molar-refractivity contribution in [2.24, 2.45) is 0 Å². The van der Waals surface area contributed by atoms with E-state index < -0.39 is 11.0 Å². The summed E-state index contributed by atoms with van der Waals surface area (Å²) in [6.45, 7) is 8.97. The number of rotatable bonds is 6. The highest BCUT2D eigenvalue weighted by Crippen LogP contribution is 2.30. The fourth-order valence-electron chi connectivity index (χ4n) is 3.56. The van der Waals surface area contributed by atoms with Gasteiger partial charge >= 0.3 is 0 Å². The molecule has 2 nitrogen and oxygen atoms in total. The van der Waals surface area contributed by atoms with Gasteiger partial charge in [0.25, 0.3) is 0 Å². The van der Waals surface area contributed by atoms with Crippen LogP contribution in [0.15, 0.2) is 77.7 Å². The van der Waals surface area contributed by atoms with E-state index in [4.69, 9.17) is 0 Å². The summed E-state index contributed by atoms with van der Waals surface area (Å²) in [4.78, 5) is 0.930. The maximum Gasteiger partial charge on any atom is 0.129 e. The molecule has 0 saturated carbocycles. The average Bonchev–Trinajstić information content (AvgIpc) is 2.66. The van der Waals surface area contributed by atoms with Crippen molar-refractivity contribution >= 4 is 11.0 Å². The Labute approximate surface area is 165 Å². The lowest BCUT2D eigenvalue weighted by molar-refractivity contribution is 0.358. The Bertz CT molecular complexity index is 899. The molecule has 0 bridgehead atoms. The Kier molecular flexibility index (Phi) is 6.25. The van der Waals surface area contributed by atoms with Crippen molar-refractivity contribution in [1.29, 1.82) is 0 Å². The largest absolute Gasteiger partial charge is 0.237 e. The molecule has 140 valence electrons. The van der Waals surface area contributed by atoms with E-state index in [1.807, 2.05) is 36.4 Å². The van der Waals surface area contributed by atoms with Crippen molar-refractivity contribution in [3.8, 4) is 0 Å². The second-order valence-corrected chi connectivity index (χ2v) is 8.50. The van der Waals surface area contributed by atoms with Gasteiger partial charge in [0, 0.05) is 12.6 Å². The van der Waals surface area contributed by atoms with Crippen molar-refractivity contribution in [2.45, 2.75) is 45.2 Å². The first-order valence-corrected chi connectivity index (χ1v) is 10.4. The van der Waals surface area contributed by atoms with Gasteiger partial charge in [-0.3, -0.25) is 0 Å². The number of nitrogens with zero attached hydrogens (tertiary/aromatic N) is 1. The second-order valence-electron chi connectivity index (χ2n) is 7.12. The first-order chi connectivity index (χ1) is 13.0. The predicted molar refractivity (Wildman–Crippen MR) is 114 cm³/mol. The molecule has 0 amide bonds. The van der Waals surface area contributed by atoms with Crippen LogP contribution in [-0.2, 0) is 17.5 Å². The van der Waals surface area contributed by atoms with Gasteiger partial charge in [-0.15, -0.1) is 0 Å². The van der Waals surface area contributed by atoms with Crippen LogP contribution >= 0.6 is 0 Å². The van der Waals surface area contributed by atoms with E-state index >= 15 is 0 Å². The molecule has 3 aromatic carbocycles. The van der Waals surface area contributed by atoms with Crippen LogP contribution in [0.3, 0.4) is 0 Å². The van der Waals surface area contributed by atoms with Crippen molar-refractivity contribution < 1.29 is 4.21 Å². The van der Waals surface area contributed by atoms with Crippen molar-refractivity contribution in [2.75, 3.05) is 0 Å². The predicted octanol–water partition coefficient (Wildman–Crippen LogP) is 5.90. The van der Waals surface area contributed by atoms with Crippen LogP contribution in [0.4, 0.5) is 0 Å². The Morgan fingerprint density at radius 3 is 1.93 bits per heavy atom. The van der Waals surface area contributed by atoms with Crippen LogP contribution < -0.4 is 0 Å². The third-order valence-electron chi connectivity index (χ3n) is 4.89. The first kappa shape index (κ1) is 19.5. The summed E-state index contributed by atoms with van der Waals surface area (Å²) in [6.07, 6.45) is 0. The van der Waals surface area contributed by atoms with Crippen LogP contribution in [0.2, 0.25) is 0 Å². The van der Waals surface area contributed by atoms with Gasteiger partial charge in [-0.25, -0.2) is 8.51 Å². The minimum absolute atomic E-state index is 0.0346. The van der Waals surface area contributed by atoms with Crippen molar-refractivity contribution in [3.05, 3.63) is 101 Å². The van der Waals surface area contributed by atoms with E-state index in [9.17, 15) is 4.21 Å². The number of aryl methyl sites for hydroxylation is 3. The maximum absolute atomic E-state index is 13.8. The third-order valence-corrected chi connectivity index (χ3v) is 6.75. The van der Waals surface area contributed by atoms with Crippen LogP contribution in [0.1, 0.15) is 40.8 Å². The summed E-state index contributed by atoms with van der Waals surface area (Å²) in [6, 6.07) is 24.8. The summed E-state index contributed by atoms with van der Waals surface area (Å²) in [5.74, 6) is 0. The summed E-state index contributed by atoms with van der Waals surface area (Å²) in [5, 5.41) is 0. The lowest BCUT2D eigenvalue weighted by atomic mass is 10.1. The van der Waals surface area contributed by atoms with Gasteiger partial charge in [-0.1, -0.05) is 78.4 Å².